The highest BCUT2D eigenvalue weighted by molar-refractivity contribution is 6.99. The Balaban J connectivity index is 2.03. The van der Waals surface area contributed by atoms with E-state index in [0.29, 0.717) is 13.0 Å². The molecule has 0 aromatic heterocycles. The largest absolute Gasteiger partial charge is 0.466 e. The summed E-state index contributed by atoms with van der Waals surface area (Å²) in [5.74, 6) is 0.131. The van der Waals surface area contributed by atoms with E-state index in [1.165, 1.54) is 10.4 Å². The van der Waals surface area contributed by atoms with Crippen LogP contribution in [0.3, 0.4) is 0 Å². The van der Waals surface area contributed by atoms with Crippen molar-refractivity contribution in [2.24, 2.45) is 5.92 Å². The summed E-state index contributed by atoms with van der Waals surface area (Å²) in [6.45, 7) is 9.20. The molecule has 0 aliphatic heterocycles. The van der Waals surface area contributed by atoms with Gasteiger partial charge in [-0.25, -0.2) is 0 Å². The van der Waals surface area contributed by atoms with Gasteiger partial charge < -0.3 is 9.16 Å². The van der Waals surface area contributed by atoms with E-state index in [9.17, 15) is 4.79 Å². The molecule has 0 bridgehead atoms. The maximum Gasteiger partial charge on any atom is 0.306 e. The number of hydrogen-bond acceptors (Lipinski definition) is 3. The summed E-state index contributed by atoms with van der Waals surface area (Å²) in [5, 5.41) is 2.54. The maximum atomic E-state index is 12.2. The van der Waals surface area contributed by atoms with E-state index < -0.39 is 8.32 Å². The first kappa shape index (κ1) is 21.8. The van der Waals surface area contributed by atoms with E-state index in [1.807, 2.05) is 6.92 Å². The van der Waals surface area contributed by atoms with Crippen LogP contribution in [0.25, 0.3) is 0 Å². The molecule has 0 N–H and O–H groups in total. The lowest BCUT2D eigenvalue weighted by Crippen LogP contribution is -2.68. The standard InChI is InChI=1S/C25H34O3Si/c1-5-27-24(26)19-20-13-12-18-23(20)28-29(25(2,3)4,21-14-8-6-9-15-21)22-16-10-7-11-17-22/h6-11,14-17,20,23H,5,12-13,18-19H2,1-4H3. The summed E-state index contributed by atoms with van der Waals surface area (Å²) in [7, 11) is -2.58. The second-order valence-corrected chi connectivity index (χ2v) is 13.3. The minimum absolute atomic E-state index is 0.0488. The molecule has 2 aromatic rings. The van der Waals surface area contributed by atoms with Crippen LogP contribution in [0, 0.1) is 5.92 Å². The molecule has 0 amide bonds. The average Bonchev–Trinajstić information content (AvgIpc) is 3.13. The summed E-state index contributed by atoms with van der Waals surface area (Å²) < 4.78 is 12.5. The SMILES string of the molecule is CCOC(=O)CC1CCCC1O[Si](c1ccccc1)(c1ccccc1)C(C)(C)C. The fourth-order valence-electron chi connectivity index (χ4n) is 4.74. The molecule has 0 heterocycles. The van der Waals surface area contributed by atoms with Gasteiger partial charge in [-0.2, -0.15) is 0 Å². The Kier molecular flexibility index (Phi) is 6.96. The highest BCUT2D eigenvalue weighted by Gasteiger charge is 2.52. The zero-order chi connectivity index (χ0) is 20.9. The van der Waals surface area contributed by atoms with Crippen LogP contribution in [0.4, 0.5) is 0 Å². The van der Waals surface area contributed by atoms with Gasteiger partial charge in [-0.3, -0.25) is 4.79 Å². The first-order valence-electron chi connectivity index (χ1n) is 10.8. The molecule has 2 unspecified atom stereocenters. The zero-order valence-corrected chi connectivity index (χ0v) is 19.2. The Morgan fingerprint density at radius 3 is 2.00 bits per heavy atom. The Bertz CT molecular complexity index is 743. The fourth-order valence-corrected chi connectivity index (χ4v) is 9.52. The van der Waals surface area contributed by atoms with Gasteiger partial charge in [-0.15, -0.1) is 0 Å². The van der Waals surface area contributed by atoms with Crippen molar-refractivity contribution in [1.82, 2.24) is 0 Å². The van der Waals surface area contributed by atoms with Gasteiger partial charge in [0.2, 0.25) is 0 Å². The van der Waals surface area contributed by atoms with Gasteiger partial charge in [0.15, 0.2) is 0 Å². The Morgan fingerprint density at radius 1 is 0.966 bits per heavy atom. The van der Waals surface area contributed by atoms with Crippen molar-refractivity contribution >= 4 is 24.7 Å². The Hall–Kier alpha value is -1.91. The molecule has 156 valence electrons. The van der Waals surface area contributed by atoms with E-state index in [-0.39, 0.29) is 23.0 Å². The van der Waals surface area contributed by atoms with Gasteiger partial charge in [0.25, 0.3) is 8.32 Å². The lowest BCUT2D eigenvalue weighted by atomic mass is 10.0. The third-order valence-electron chi connectivity index (χ3n) is 6.07. The highest BCUT2D eigenvalue weighted by Crippen LogP contribution is 2.41. The quantitative estimate of drug-likeness (QED) is 0.491. The molecule has 1 aliphatic rings. The zero-order valence-electron chi connectivity index (χ0n) is 18.2. The summed E-state index contributed by atoms with van der Waals surface area (Å²) in [4.78, 5) is 12.2. The first-order chi connectivity index (χ1) is 13.9. The average molecular weight is 411 g/mol. The second kappa shape index (κ2) is 9.27. The van der Waals surface area contributed by atoms with Crippen LogP contribution in [0.5, 0.6) is 0 Å². The van der Waals surface area contributed by atoms with Crippen molar-refractivity contribution < 1.29 is 14.0 Å². The molecule has 29 heavy (non-hydrogen) atoms. The van der Waals surface area contributed by atoms with Crippen molar-refractivity contribution in [2.45, 2.75) is 64.5 Å². The molecule has 4 heteroatoms. The van der Waals surface area contributed by atoms with Gasteiger partial charge >= 0.3 is 5.97 Å². The summed E-state index contributed by atoms with van der Waals surface area (Å²) in [5.41, 5.74) is 0. The van der Waals surface area contributed by atoms with Crippen molar-refractivity contribution in [1.29, 1.82) is 0 Å². The van der Waals surface area contributed by atoms with Crippen molar-refractivity contribution in [3.8, 4) is 0 Å². The number of rotatable bonds is 7. The van der Waals surface area contributed by atoms with Crippen molar-refractivity contribution in [3.05, 3.63) is 60.7 Å². The molecule has 3 nitrogen and oxygen atoms in total. The smallest absolute Gasteiger partial charge is 0.306 e. The van der Waals surface area contributed by atoms with Crippen LogP contribution in [0.15, 0.2) is 60.7 Å². The molecular formula is C25H34O3Si. The molecule has 2 atom stereocenters. The lowest BCUT2D eigenvalue weighted by molar-refractivity contribution is -0.144. The maximum absolute atomic E-state index is 12.2. The van der Waals surface area contributed by atoms with Gasteiger partial charge in [0.05, 0.1) is 13.0 Å². The van der Waals surface area contributed by atoms with Crippen LogP contribution < -0.4 is 10.4 Å². The topological polar surface area (TPSA) is 35.5 Å². The van der Waals surface area contributed by atoms with Crippen LogP contribution >= 0.6 is 0 Å². The number of hydrogen-bond donors (Lipinski definition) is 0. The Labute approximate surface area is 176 Å². The molecule has 3 rings (SSSR count). The van der Waals surface area contributed by atoms with Crippen molar-refractivity contribution in [3.63, 3.8) is 0 Å². The van der Waals surface area contributed by atoms with E-state index in [4.69, 9.17) is 9.16 Å². The predicted octanol–water partition coefficient (Wildman–Crippen LogP) is 4.68. The third kappa shape index (κ3) is 4.64. The number of carbonyl (C=O) groups is 1. The molecule has 0 radical (unpaired) electrons. The fraction of sp³-hybridized carbons (Fsp3) is 0.480. The minimum Gasteiger partial charge on any atom is -0.466 e. The van der Waals surface area contributed by atoms with Crippen LogP contribution in [0.2, 0.25) is 5.04 Å². The molecule has 1 fully saturated rings. The molecule has 1 saturated carbocycles. The normalized spacial score (nSPS) is 19.9. The van der Waals surface area contributed by atoms with E-state index >= 15 is 0 Å². The van der Waals surface area contributed by atoms with Crippen LogP contribution in [0.1, 0.15) is 53.4 Å². The van der Waals surface area contributed by atoms with E-state index in [2.05, 4.69) is 81.4 Å². The van der Waals surface area contributed by atoms with E-state index in [1.54, 1.807) is 0 Å². The van der Waals surface area contributed by atoms with Crippen LogP contribution in [-0.2, 0) is 14.0 Å². The lowest BCUT2D eigenvalue weighted by Gasteiger charge is -2.45. The molecule has 0 spiro atoms. The summed E-state index contributed by atoms with van der Waals surface area (Å²) >= 11 is 0. The summed E-state index contributed by atoms with van der Waals surface area (Å²) in [6, 6.07) is 21.5. The Morgan fingerprint density at radius 2 is 1.52 bits per heavy atom. The number of carbonyl (C=O) groups excluding carboxylic acids is 1. The first-order valence-corrected chi connectivity index (χ1v) is 12.7. The van der Waals surface area contributed by atoms with Gasteiger partial charge in [0, 0.05) is 6.10 Å². The molecular weight excluding hydrogens is 376 g/mol. The monoisotopic (exact) mass is 410 g/mol. The second-order valence-electron chi connectivity index (χ2n) is 9.02. The van der Waals surface area contributed by atoms with Gasteiger partial charge in [-0.1, -0.05) is 87.9 Å². The van der Waals surface area contributed by atoms with Crippen molar-refractivity contribution in [2.75, 3.05) is 6.61 Å². The molecule has 2 aromatic carbocycles. The van der Waals surface area contributed by atoms with Crippen LogP contribution in [-0.4, -0.2) is 27.0 Å². The summed E-state index contributed by atoms with van der Waals surface area (Å²) in [6.07, 6.45) is 3.69. The molecule has 1 aliphatic carbocycles. The molecule has 0 saturated heterocycles. The van der Waals surface area contributed by atoms with E-state index in [0.717, 1.165) is 19.3 Å². The number of esters is 1. The highest BCUT2D eigenvalue weighted by atomic mass is 28.4. The van der Waals surface area contributed by atoms with Gasteiger partial charge in [-0.05, 0) is 41.1 Å². The predicted molar refractivity (Wildman–Crippen MR) is 121 cm³/mol. The van der Waals surface area contributed by atoms with Gasteiger partial charge in [0.1, 0.15) is 0 Å². The minimum atomic E-state index is -2.58. The third-order valence-corrected chi connectivity index (χ3v) is 11.1. The number of benzene rings is 2. The number of ether oxygens (including phenoxy) is 1.